The Bertz CT molecular complexity index is 690. The zero-order valence-corrected chi connectivity index (χ0v) is 21.3. The van der Waals surface area contributed by atoms with E-state index in [0.717, 1.165) is 37.9 Å². The highest BCUT2D eigenvalue weighted by Gasteiger charge is 2.27. The van der Waals surface area contributed by atoms with Crippen molar-refractivity contribution in [1.82, 2.24) is 20.9 Å². The molecule has 0 saturated carbocycles. The molecule has 1 amide bonds. The summed E-state index contributed by atoms with van der Waals surface area (Å²) in [7, 11) is 3.36. The number of halogens is 1. The van der Waals surface area contributed by atoms with Crippen molar-refractivity contribution >= 4 is 35.8 Å². The number of hydrogen-bond acceptors (Lipinski definition) is 4. The summed E-state index contributed by atoms with van der Waals surface area (Å²) in [4.78, 5) is 19.2. The largest absolute Gasteiger partial charge is 0.497 e. The van der Waals surface area contributed by atoms with Crippen molar-refractivity contribution in [2.24, 2.45) is 10.4 Å². The molecular formula is C22H38IN5O2. The van der Waals surface area contributed by atoms with Gasteiger partial charge in [0.1, 0.15) is 5.75 Å². The molecular weight excluding hydrogens is 493 g/mol. The highest BCUT2D eigenvalue weighted by molar-refractivity contribution is 14.0. The van der Waals surface area contributed by atoms with Crippen LogP contribution in [0.3, 0.4) is 0 Å². The minimum Gasteiger partial charge on any atom is -0.497 e. The minimum absolute atomic E-state index is 0. The van der Waals surface area contributed by atoms with E-state index in [2.05, 4.69) is 38.0 Å². The summed E-state index contributed by atoms with van der Waals surface area (Å²) in [6.07, 6.45) is 2.46. The molecule has 0 aliphatic carbocycles. The van der Waals surface area contributed by atoms with Crippen molar-refractivity contribution in [1.29, 1.82) is 0 Å². The number of rotatable bonds is 9. The van der Waals surface area contributed by atoms with E-state index >= 15 is 0 Å². The topological polar surface area (TPSA) is 78.0 Å². The van der Waals surface area contributed by atoms with Crippen molar-refractivity contribution in [3.8, 4) is 5.75 Å². The van der Waals surface area contributed by atoms with Crippen molar-refractivity contribution < 1.29 is 9.53 Å². The Morgan fingerprint density at radius 3 is 2.57 bits per heavy atom. The first kappa shape index (κ1) is 26.5. The number of guanidine groups is 1. The summed E-state index contributed by atoms with van der Waals surface area (Å²) < 4.78 is 5.43. The number of amides is 1. The van der Waals surface area contributed by atoms with Crippen LogP contribution in [0.5, 0.6) is 5.75 Å². The Kier molecular flexibility index (Phi) is 11.5. The van der Waals surface area contributed by atoms with Crippen molar-refractivity contribution in [3.05, 3.63) is 29.8 Å². The van der Waals surface area contributed by atoms with Gasteiger partial charge in [0.25, 0.3) is 0 Å². The maximum absolute atomic E-state index is 12.0. The van der Waals surface area contributed by atoms with Gasteiger partial charge in [-0.2, -0.15) is 0 Å². The summed E-state index contributed by atoms with van der Waals surface area (Å²) >= 11 is 0. The zero-order chi connectivity index (χ0) is 21.3. The van der Waals surface area contributed by atoms with Crippen LogP contribution in [0.2, 0.25) is 0 Å². The molecule has 1 saturated heterocycles. The van der Waals surface area contributed by atoms with Gasteiger partial charge in [-0.1, -0.05) is 12.1 Å². The van der Waals surface area contributed by atoms with E-state index in [9.17, 15) is 4.79 Å². The fraction of sp³-hybridized carbons (Fsp3) is 0.636. The molecule has 170 valence electrons. The van der Waals surface area contributed by atoms with Gasteiger partial charge in [0.2, 0.25) is 5.91 Å². The van der Waals surface area contributed by atoms with Gasteiger partial charge in [-0.15, -0.1) is 24.0 Å². The highest BCUT2D eigenvalue weighted by Crippen LogP contribution is 2.27. The van der Waals surface area contributed by atoms with Crippen LogP contribution in [0.25, 0.3) is 0 Å². The molecule has 2 rings (SSSR count). The Balaban J connectivity index is 0.00000450. The molecule has 30 heavy (non-hydrogen) atoms. The normalized spacial score (nSPS) is 15.8. The number of likely N-dealkylation sites (tertiary alicyclic amines) is 1. The number of methoxy groups -OCH3 is 1. The molecule has 0 spiro atoms. The van der Waals surface area contributed by atoms with E-state index in [-0.39, 0.29) is 35.9 Å². The number of ether oxygens (including phenoxy) is 1. The van der Waals surface area contributed by atoms with Crippen LogP contribution < -0.4 is 20.7 Å². The predicted molar refractivity (Wildman–Crippen MR) is 134 cm³/mol. The molecule has 1 aromatic carbocycles. The third-order valence-corrected chi connectivity index (χ3v) is 5.34. The van der Waals surface area contributed by atoms with Gasteiger partial charge in [-0.25, -0.2) is 0 Å². The van der Waals surface area contributed by atoms with Gasteiger partial charge in [-0.3, -0.25) is 14.7 Å². The summed E-state index contributed by atoms with van der Waals surface area (Å²) in [5, 5.41) is 9.50. The fourth-order valence-electron chi connectivity index (χ4n) is 3.58. The van der Waals surface area contributed by atoms with Gasteiger partial charge >= 0.3 is 0 Å². The molecule has 0 aromatic heterocycles. The number of aliphatic imine (C=N–C) groups is 1. The molecule has 0 bridgehead atoms. The number of carbonyl (C=O) groups excluding carboxylic acids is 1. The van der Waals surface area contributed by atoms with Gasteiger partial charge in [0.05, 0.1) is 25.1 Å². The monoisotopic (exact) mass is 531 g/mol. The van der Waals surface area contributed by atoms with E-state index in [4.69, 9.17) is 4.74 Å². The third-order valence-electron chi connectivity index (χ3n) is 5.34. The molecule has 1 atom stereocenters. The van der Waals surface area contributed by atoms with Crippen molar-refractivity contribution in [2.45, 2.75) is 39.7 Å². The summed E-state index contributed by atoms with van der Waals surface area (Å²) in [5.74, 6) is 1.60. The lowest BCUT2D eigenvalue weighted by Crippen LogP contribution is -2.44. The molecule has 1 aliphatic rings. The first-order valence-corrected chi connectivity index (χ1v) is 10.5. The van der Waals surface area contributed by atoms with Crippen LogP contribution in [0.4, 0.5) is 0 Å². The van der Waals surface area contributed by atoms with Crippen LogP contribution >= 0.6 is 24.0 Å². The van der Waals surface area contributed by atoms with Crippen LogP contribution in [-0.2, 0) is 4.79 Å². The predicted octanol–water partition coefficient (Wildman–Crippen LogP) is 2.78. The van der Waals surface area contributed by atoms with E-state index < -0.39 is 5.41 Å². The highest BCUT2D eigenvalue weighted by atomic mass is 127. The fourth-order valence-corrected chi connectivity index (χ4v) is 3.58. The van der Waals surface area contributed by atoms with E-state index in [1.807, 2.05) is 32.9 Å². The molecule has 1 aliphatic heterocycles. The lowest BCUT2D eigenvalue weighted by atomic mass is 9.93. The Hall–Kier alpha value is -1.55. The lowest BCUT2D eigenvalue weighted by Gasteiger charge is -2.29. The van der Waals surface area contributed by atoms with Crippen LogP contribution in [0.1, 0.15) is 45.2 Å². The Morgan fingerprint density at radius 2 is 1.97 bits per heavy atom. The summed E-state index contributed by atoms with van der Waals surface area (Å²) in [6.45, 7) is 9.96. The van der Waals surface area contributed by atoms with Crippen molar-refractivity contribution in [2.75, 3.05) is 46.9 Å². The zero-order valence-electron chi connectivity index (χ0n) is 19.0. The average molecular weight is 531 g/mol. The number of nitrogens with zero attached hydrogens (tertiary/aromatic N) is 2. The van der Waals surface area contributed by atoms with Crippen molar-refractivity contribution in [3.63, 3.8) is 0 Å². The quantitative estimate of drug-likeness (QED) is 0.260. The number of benzene rings is 1. The number of carbonyl (C=O) groups is 1. The Labute approximate surface area is 198 Å². The smallest absolute Gasteiger partial charge is 0.227 e. The molecule has 0 radical (unpaired) electrons. The first-order chi connectivity index (χ1) is 13.9. The van der Waals surface area contributed by atoms with Gasteiger partial charge in [0, 0.05) is 20.1 Å². The number of hydrogen-bond donors (Lipinski definition) is 3. The van der Waals surface area contributed by atoms with Gasteiger partial charge in [0.15, 0.2) is 5.96 Å². The maximum Gasteiger partial charge on any atom is 0.227 e. The Morgan fingerprint density at radius 1 is 1.27 bits per heavy atom. The lowest BCUT2D eigenvalue weighted by molar-refractivity contribution is -0.128. The molecule has 1 fully saturated rings. The maximum atomic E-state index is 12.0. The van der Waals surface area contributed by atoms with Crippen LogP contribution in [0, 0.1) is 5.41 Å². The van der Waals surface area contributed by atoms with E-state index in [1.54, 1.807) is 14.2 Å². The summed E-state index contributed by atoms with van der Waals surface area (Å²) in [5.41, 5.74) is 0.679. The molecule has 3 N–H and O–H groups in total. The van der Waals surface area contributed by atoms with Gasteiger partial charge in [-0.05, 0) is 64.4 Å². The van der Waals surface area contributed by atoms with Crippen LogP contribution in [-0.4, -0.2) is 63.6 Å². The SMILES string of the molecule is CCNC(=NCC(C)(C)C(=O)NC)NCC(c1cccc(OC)c1)N1CCCC1.I. The second kappa shape index (κ2) is 13.0. The minimum atomic E-state index is -0.557. The standard InChI is InChI=1S/C22H37N5O2.HI/c1-6-24-21(26-16-22(2,3)20(28)23-4)25-15-19(27-12-7-8-13-27)17-10-9-11-18(14-17)29-5;/h9-11,14,19H,6-8,12-13,15-16H2,1-5H3,(H,23,28)(H2,24,25,26);1H. The van der Waals surface area contributed by atoms with E-state index in [1.165, 1.54) is 18.4 Å². The number of nitrogens with one attached hydrogen (secondary N) is 3. The molecule has 8 heteroatoms. The average Bonchev–Trinajstić information content (AvgIpc) is 3.26. The first-order valence-electron chi connectivity index (χ1n) is 10.5. The van der Waals surface area contributed by atoms with Gasteiger partial charge < -0.3 is 20.7 Å². The molecule has 1 unspecified atom stereocenters. The second-order valence-corrected chi connectivity index (χ2v) is 8.07. The molecule has 1 heterocycles. The molecule has 1 aromatic rings. The third kappa shape index (κ3) is 7.61. The second-order valence-electron chi connectivity index (χ2n) is 8.07. The summed E-state index contributed by atoms with van der Waals surface area (Å²) in [6, 6.07) is 8.53. The van der Waals surface area contributed by atoms with Crippen LogP contribution in [0.15, 0.2) is 29.3 Å². The molecule has 7 nitrogen and oxygen atoms in total. The van der Waals surface area contributed by atoms with E-state index in [0.29, 0.717) is 6.54 Å².